The number of fused-ring (bicyclic) bond motifs is 3. The number of hydrogen-bond acceptors (Lipinski definition) is 2. The Balaban J connectivity index is 1.99. The highest BCUT2D eigenvalue weighted by atomic mass is 79.9. The van der Waals surface area contributed by atoms with Gasteiger partial charge in [-0.3, -0.25) is 0 Å². The summed E-state index contributed by atoms with van der Waals surface area (Å²) >= 11 is 3.55. The van der Waals surface area contributed by atoms with E-state index in [1.54, 1.807) is 7.11 Å². The van der Waals surface area contributed by atoms with Gasteiger partial charge in [-0.15, -0.1) is 0 Å². The molecule has 0 saturated heterocycles. The zero-order chi connectivity index (χ0) is 15.5. The lowest BCUT2D eigenvalue weighted by molar-refractivity contribution is 0.0673. The second kappa shape index (κ2) is 6.86. The van der Waals surface area contributed by atoms with E-state index in [-0.39, 0.29) is 0 Å². The molecule has 1 aromatic heterocycles. The van der Waals surface area contributed by atoms with E-state index in [0.717, 1.165) is 16.5 Å². The molecule has 112 valence electrons. The van der Waals surface area contributed by atoms with Gasteiger partial charge in [-0.05, 0) is 24.3 Å². The molecule has 2 aromatic carbocycles. The Morgan fingerprint density at radius 2 is 1.73 bits per heavy atom. The molecule has 3 nitrogen and oxygen atoms in total. The van der Waals surface area contributed by atoms with Crippen LogP contribution in [0.2, 0.25) is 0 Å². The lowest BCUT2D eigenvalue weighted by atomic mass is 9.94. The van der Waals surface area contributed by atoms with E-state index in [1.165, 1.54) is 21.8 Å². The summed E-state index contributed by atoms with van der Waals surface area (Å²) in [4.78, 5) is 0. The molecule has 1 heterocycles. The molecule has 3 rings (SSSR count). The molecule has 0 aliphatic carbocycles. The number of rotatable bonds is 6. The third kappa shape index (κ3) is 3.07. The summed E-state index contributed by atoms with van der Waals surface area (Å²) in [5, 5.41) is 2.38. The molecule has 0 spiro atoms. The minimum Gasteiger partial charge on any atom is -0.382 e. The van der Waals surface area contributed by atoms with Crippen LogP contribution in [0.5, 0.6) is 0 Å². The average Bonchev–Trinajstić information content (AvgIpc) is 2.80. The van der Waals surface area contributed by atoms with Crippen molar-refractivity contribution >= 4 is 51.0 Å². The van der Waals surface area contributed by atoms with Crippen LogP contribution in [0, 0.1) is 0 Å². The van der Waals surface area contributed by atoms with Gasteiger partial charge in [0, 0.05) is 39.9 Å². The van der Waals surface area contributed by atoms with E-state index in [2.05, 4.69) is 44.8 Å². The fourth-order valence-electron chi connectivity index (χ4n) is 2.73. The maximum Gasteiger partial charge on any atom is 0.113 e. The lowest BCUT2D eigenvalue weighted by Gasteiger charge is -2.08. The first kappa shape index (κ1) is 15.6. The van der Waals surface area contributed by atoms with Crippen LogP contribution in [0.15, 0.2) is 40.9 Å². The van der Waals surface area contributed by atoms with Crippen molar-refractivity contribution in [3.63, 3.8) is 0 Å². The van der Waals surface area contributed by atoms with Crippen LogP contribution in [0.3, 0.4) is 0 Å². The largest absolute Gasteiger partial charge is 0.382 e. The normalized spacial score (nSPS) is 11.5. The highest BCUT2D eigenvalue weighted by Gasteiger charge is 2.10. The first-order valence-electron chi connectivity index (χ1n) is 7.24. The van der Waals surface area contributed by atoms with Crippen molar-refractivity contribution in [1.29, 1.82) is 0 Å². The van der Waals surface area contributed by atoms with E-state index < -0.39 is 0 Å². The van der Waals surface area contributed by atoms with E-state index in [9.17, 15) is 0 Å². The zero-order valence-corrected chi connectivity index (χ0v) is 14.1. The van der Waals surface area contributed by atoms with Gasteiger partial charge in [-0.1, -0.05) is 33.5 Å². The number of hydrogen-bond donors (Lipinski definition) is 0. The number of ether oxygens (including phenoxy) is 2. The average molecular weight is 358 g/mol. The summed E-state index contributed by atoms with van der Waals surface area (Å²) in [5.41, 5.74) is 3.15. The topological polar surface area (TPSA) is 23.4 Å². The Hall–Kier alpha value is -1.30. The number of methoxy groups -OCH3 is 1. The van der Waals surface area contributed by atoms with Crippen LogP contribution in [-0.2, 0) is 16.0 Å². The lowest BCUT2D eigenvalue weighted by Crippen LogP contribution is -2.09. The quantitative estimate of drug-likeness (QED) is 0.500. The first-order chi connectivity index (χ1) is 10.7. The van der Waals surface area contributed by atoms with Gasteiger partial charge in [0.2, 0.25) is 0 Å². The van der Waals surface area contributed by atoms with Crippen molar-refractivity contribution in [2.75, 3.05) is 26.9 Å². The van der Waals surface area contributed by atoms with Gasteiger partial charge in [0.15, 0.2) is 0 Å². The molecule has 0 unspecified atom stereocenters. The molecule has 2 radical (unpaired) electrons. The molecule has 0 fully saturated rings. The summed E-state index contributed by atoms with van der Waals surface area (Å²) in [5.74, 6) is 0. The third-order valence-corrected chi connectivity index (χ3v) is 4.24. The van der Waals surface area contributed by atoms with E-state index >= 15 is 0 Å². The van der Waals surface area contributed by atoms with Crippen LogP contribution >= 0.6 is 15.9 Å². The fraction of sp³-hybridized carbons (Fsp3) is 0.294. The third-order valence-electron chi connectivity index (χ3n) is 3.74. The highest BCUT2D eigenvalue weighted by molar-refractivity contribution is 9.10. The summed E-state index contributed by atoms with van der Waals surface area (Å²) < 4.78 is 14.0. The first-order valence-corrected chi connectivity index (χ1v) is 8.03. The molecule has 0 bridgehead atoms. The van der Waals surface area contributed by atoms with Crippen LogP contribution < -0.4 is 5.46 Å². The van der Waals surface area contributed by atoms with Crippen molar-refractivity contribution in [2.24, 2.45) is 0 Å². The molecule has 3 aromatic rings. The van der Waals surface area contributed by atoms with E-state index in [1.807, 2.05) is 12.1 Å². The standard InChI is InChI=1S/C17H17BBrNO2/c1-21-8-9-22-7-6-20-16-4-2-12(18)10-14(16)15-11-13(19)3-5-17(15)20/h2-5,10-11H,6-9H2,1H3. The van der Waals surface area contributed by atoms with Gasteiger partial charge in [0.25, 0.3) is 0 Å². The van der Waals surface area contributed by atoms with Crippen LogP contribution in [-0.4, -0.2) is 39.3 Å². The van der Waals surface area contributed by atoms with Gasteiger partial charge in [-0.2, -0.15) is 0 Å². The molecule has 0 N–H and O–H groups in total. The molecule has 5 heteroatoms. The molecule has 0 amide bonds. The smallest absolute Gasteiger partial charge is 0.113 e. The second-order valence-corrected chi connectivity index (χ2v) is 6.11. The number of benzene rings is 2. The van der Waals surface area contributed by atoms with Gasteiger partial charge in [0.05, 0.1) is 19.8 Å². The van der Waals surface area contributed by atoms with E-state index in [4.69, 9.17) is 17.3 Å². The predicted molar refractivity (Wildman–Crippen MR) is 95.2 cm³/mol. The maximum atomic E-state index is 5.96. The van der Waals surface area contributed by atoms with Crippen molar-refractivity contribution in [3.05, 3.63) is 40.9 Å². The Morgan fingerprint density at radius 1 is 1.00 bits per heavy atom. The molecule has 22 heavy (non-hydrogen) atoms. The van der Waals surface area contributed by atoms with Crippen LogP contribution in [0.1, 0.15) is 0 Å². The van der Waals surface area contributed by atoms with Crippen molar-refractivity contribution in [1.82, 2.24) is 4.57 Å². The Morgan fingerprint density at radius 3 is 2.50 bits per heavy atom. The minimum atomic E-state index is 0.617. The van der Waals surface area contributed by atoms with Crippen molar-refractivity contribution in [3.8, 4) is 0 Å². The summed E-state index contributed by atoms with van der Waals surface area (Å²) in [7, 11) is 7.64. The van der Waals surface area contributed by atoms with Gasteiger partial charge < -0.3 is 14.0 Å². The monoisotopic (exact) mass is 357 g/mol. The second-order valence-electron chi connectivity index (χ2n) is 5.19. The number of nitrogens with zero attached hydrogens (tertiary/aromatic N) is 1. The Bertz CT molecular complexity index is 741. The van der Waals surface area contributed by atoms with Gasteiger partial charge in [-0.25, -0.2) is 0 Å². The molecule has 0 saturated carbocycles. The van der Waals surface area contributed by atoms with Crippen molar-refractivity contribution < 1.29 is 9.47 Å². The summed E-state index contributed by atoms with van der Waals surface area (Å²) in [6.07, 6.45) is 0. The summed E-state index contributed by atoms with van der Waals surface area (Å²) in [6, 6.07) is 12.4. The van der Waals surface area contributed by atoms with Gasteiger partial charge in [0.1, 0.15) is 7.85 Å². The Kier molecular flexibility index (Phi) is 4.86. The fourth-order valence-corrected chi connectivity index (χ4v) is 3.10. The molecule has 0 aliphatic heterocycles. The summed E-state index contributed by atoms with van der Waals surface area (Å²) in [6.45, 7) is 2.70. The van der Waals surface area contributed by atoms with E-state index in [0.29, 0.717) is 19.8 Å². The van der Waals surface area contributed by atoms with Crippen molar-refractivity contribution in [2.45, 2.75) is 6.54 Å². The van der Waals surface area contributed by atoms with Gasteiger partial charge >= 0.3 is 0 Å². The predicted octanol–water partition coefficient (Wildman–Crippen LogP) is 3.01. The SMILES string of the molecule is [B]c1ccc2c(c1)c1cc(Br)ccc1n2CCOCCOC. The molecular formula is C17H17BBrNO2. The molecule has 0 aliphatic rings. The molecule has 0 atom stereocenters. The number of halogens is 1. The zero-order valence-electron chi connectivity index (χ0n) is 12.5. The Labute approximate surface area is 139 Å². The maximum absolute atomic E-state index is 5.96. The van der Waals surface area contributed by atoms with Crippen LogP contribution in [0.25, 0.3) is 21.8 Å². The van der Waals surface area contributed by atoms with Crippen LogP contribution in [0.4, 0.5) is 0 Å². The molecular weight excluding hydrogens is 341 g/mol. The minimum absolute atomic E-state index is 0.617. The highest BCUT2D eigenvalue weighted by Crippen LogP contribution is 2.30. The number of aromatic nitrogens is 1.